The lowest BCUT2D eigenvalue weighted by Crippen LogP contribution is -2.14. The van der Waals surface area contributed by atoms with E-state index in [1.54, 1.807) is 32.2 Å². The van der Waals surface area contributed by atoms with Crippen LogP contribution in [0.2, 0.25) is 0 Å². The molecule has 4 nitrogen and oxygen atoms in total. The number of hydrogen-bond acceptors (Lipinski definition) is 4. The molecule has 0 amide bonds. The Morgan fingerprint density at radius 3 is 2.81 bits per heavy atom. The molecule has 0 spiro atoms. The van der Waals surface area contributed by atoms with E-state index in [-0.39, 0.29) is 6.61 Å². The lowest BCUT2D eigenvalue weighted by molar-refractivity contribution is -0.145. The molecule has 5 heteroatoms. The minimum absolute atomic E-state index is 0.112. The van der Waals surface area contributed by atoms with Crippen LogP contribution in [0.15, 0.2) is 22.7 Å². The van der Waals surface area contributed by atoms with Crippen molar-refractivity contribution < 1.29 is 19.0 Å². The average molecular weight is 289 g/mol. The van der Waals surface area contributed by atoms with E-state index in [4.69, 9.17) is 14.2 Å². The largest absolute Gasteiger partial charge is 0.497 e. The summed E-state index contributed by atoms with van der Waals surface area (Å²) in [6.45, 7) is 1.99. The van der Waals surface area contributed by atoms with Crippen molar-refractivity contribution in [1.29, 1.82) is 0 Å². The minimum atomic E-state index is -0.391. The highest BCUT2D eigenvalue weighted by Crippen LogP contribution is 2.29. The van der Waals surface area contributed by atoms with Crippen molar-refractivity contribution in [2.75, 3.05) is 20.3 Å². The summed E-state index contributed by atoms with van der Waals surface area (Å²) in [5, 5.41) is 0. The van der Waals surface area contributed by atoms with Gasteiger partial charge < -0.3 is 14.2 Å². The summed E-state index contributed by atoms with van der Waals surface area (Å²) in [5.74, 6) is 0.826. The van der Waals surface area contributed by atoms with Gasteiger partial charge in [0.15, 0.2) is 6.61 Å². The molecule has 1 aromatic rings. The van der Waals surface area contributed by atoms with Crippen molar-refractivity contribution in [3.8, 4) is 11.5 Å². The molecule has 0 aliphatic rings. The molecule has 0 heterocycles. The van der Waals surface area contributed by atoms with Gasteiger partial charge in [-0.2, -0.15) is 0 Å². The van der Waals surface area contributed by atoms with Crippen LogP contribution in [0.1, 0.15) is 6.92 Å². The summed E-state index contributed by atoms with van der Waals surface area (Å²) in [6, 6.07) is 5.28. The predicted molar refractivity (Wildman–Crippen MR) is 62.8 cm³/mol. The first-order valence-electron chi connectivity index (χ1n) is 4.79. The summed E-state index contributed by atoms with van der Waals surface area (Å²) in [6.07, 6.45) is 0. The number of esters is 1. The Labute approximate surface area is 103 Å². The van der Waals surface area contributed by atoms with Gasteiger partial charge in [0.05, 0.1) is 18.2 Å². The minimum Gasteiger partial charge on any atom is -0.497 e. The zero-order chi connectivity index (χ0) is 12.0. The molecule has 16 heavy (non-hydrogen) atoms. The molecule has 0 N–H and O–H groups in total. The normalized spacial score (nSPS) is 9.69. The molecule has 0 radical (unpaired) electrons. The van der Waals surface area contributed by atoms with Crippen LogP contribution in [0.4, 0.5) is 0 Å². The van der Waals surface area contributed by atoms with Gasteiger partial charge in [-0.1, -0.05) is 0 Å². The van der Waals surface area contributed by atoms with Crippen LogP contribution in [0.5, 0.6) is 11.5 Å². The van der Waals surface area contributed by atoms with Gasteiger partial charge in [0.1, 0.15) is 11.5 Å². The number of hydrogen-bond donors (Lipinski definition) is 0. The highest BCUT2D eigenvalue weighted by Gasteiger charge is 2.07. The molecule has 0 atom stereocenters. The zero-order valence-electron chi connectivity index (χ0n) is 9.16. The van der Waals surface area contributed by atoms with E-state index in [2.05, 4.69) is 15.9 Å². The van der Waals surface area contributed by atoms with E-state index >= 15 is 0 Å². The van der Waals surface area contributed by atoms with Crippen LogP contribution in [-0.2, 0) is 9.53 Å². The third-order valence-corrected chi connectivity index (χ3v) is 2.44. The Kier molecular flexibility index (Phi) is 5.11. The molecule has 0 saturated carbocycles. The third kappa shape index (κ3) is 3.73. The van der Waals surface area contributed by atoms with Crippen molar-refractivity contribution in [2.45, 2.75) is 6.92 Å². The van der Waals surface area contributed by atoms with E-state index in [1.165, 1.54) is 0 Å². The third-order valence-electron chi connectivity index (χ3n) is 1.79. The second kappa shape index (κ2) is 6.37. The molecule has 0 aliphatic heterocycles. The van der Waals surface area contributed by atoms with E-state index < -0.39 is 5.97 Å². The standard InChI is InChI=1S/C11H13BrO4/c1-3-15-11(13)7-16-10-6-8(14-2)4-5-9(10)12/h4-6H,3,7H2,1-2H3. The Hall–Kier alpha value is -1.23. The van der Waals surface area contributed by atoms with Crippen molar-refractivity contribution in [1.82, 2.24) is 0 Å². The maximum Gasteiger partial charge on any atom is 0.344 e. The molecular formula is C11H13BrO4. The second-order valence-corrected chi connectivity index (χ2v) is 3.74. The van der Waals surface area contributed by atoms with Crippen LogP contribution in [-0.4, -0.2) is 26.3 Å². The van der Waals surface area contributed by atoms with Crippen LogP contribution >= 0.6 is 15.9 Å². The lowest BCUT2D eigenvalue weighted by Gasteiger charge is -2.09. The summed E-state index contributed by atoms with van der Waals surface area (Å²) in [7, 11) is 1.57. The van der Waals surface area contributed by atoms with E-state index in [9.17, 15) is 4.79 Å². The first kappa shape index (κ1) is 12.8. The Morgan fingerprint density at radius 2 is 2.19 bits per heavy atom. The maximum atomic E-state index is 11.1. The van der Waals surface area contributed by atoms with Crippen molar-refractivity contribution in [3.05, 3.63) is 22.7 Å². The Bertz CT molecular complexity index is 365. The van der Waals surface area contributed by atoms with E-state index in [0.717, 1.165) is 4.47 Å². The van der Waals surface area contributed by atoms with Crippen molar-refractivity contribution >= 4 is 21.9 Å². The van der Waals surface area contributed by atoms with Gasteiger partial charge in [-0.05, 0) is 35.0 Å². The first-order valence-corrected chi connectivity index (χ1v) is 5.58. The molecule has 0 aromatic heterocycles. The Balaban J connectivity index is 2.62. The van der Waals surface area contributed by atoms with Crippen molar-refractivity contribution in [2.24, 2.45) is 0 Å². The Morgan fingerprint density at radius 1 is 1.44 bits per heavy atom. The number of carbonyl (C=O) groups excluding carboxylic acids is 1. The van der Waals surface area contributed by atoms with E-state index in [1.807, 2.05) is 0 Å². The molecule has 0 bridgehead atoms. The SMILES string of the molecule is CCOC(=O)COc1cc(OC)ccc1Br. The van der Waals surface area contributed by atoms with Gasteiger partial charge in [-0.15, -0.1) is 0 Å². The van der Waals surface area contributed by atoms with Gasteiger partial charge >= 0.3 is 5.97 Å². The lowest BCUT2D eigenvalue weighted by atomic mass is 10.3. The molecule has 0 fully saturated rings. The fourth-order valence-electron chi connectivity index (χ4n) is 1.06. The second-order valence-electron chi connectivity index (χ2n) is 2.89. The molecule has 0 unspecified atom stereocenters. The first-order chi connectivity index (χ1) is 7.67. The topological polar surface area (TPSA) is 44.8 Å². The smallest absolute Gasteiger partial charge is 0.344 e. The number of halogens is 1. The fourth-order valence-corrected chi connectivity index (χ4v) is 1.42. The molecule has 1 aromatic carbocycles. The highest BCUT2D eigenvalue weighted by atomic mass is 79.9. The summed E-state index contributed by atoms with van der Waals surface area (Å²) in [4.78, 5) is 11.1. The number of methoxy groups -OCH3 is 1. The van der Waals surface area contributed by atoms with Crippen LogP contribution in [0, 0.1) is 0 Å². The number of ether oxygens (including phenoxy) is 3. The van der Waals surface area contributed by atoms with Gasteiger partial charge in [-0.25, -0.2) is 4.79 Å². The number of benzene rings is 1. The zero-order valence-corrected chi connectivity index (χ0v) is 10.7. The molecule has 88 valence electrons. The average Bonchev–Trinajstić information content (AvgIpc) is 2.28. The van der Waals surface area contributed by atoms with E-state index in [0.29, 0.717) is 18.1 Å². The summed E-state index contributed by atoms with van der Waals surface area (Å²) in [5.41, 5.74) is 0. The van der Waals surface area contributed by atoms with Crippen LogP contribution in [0.3, 0.4) is 0 Å². The number of rotatable bonds is 5. The highest BCUT2D eigenvalue weighted by molar-refractivity contribution is 9.10. The van der Waals surface area contributed by atoms with Crippen LogP contribution in [0.25, 0.3) is 0 Å². The monoisotopic (exact) mass is 288 g/mol. The molecule has 1 rings (SSSR count). The quantitative estimate of drug-likeness (QED) is 0.781. The van der Waals surface area contributed by atoms with Gasteiger partial charge in [0.25, 0.3) is 0 Å². The molecular weight excluding hydrogens is 276 g/mol. The maximum absolute atomic E-state index is 11.1. The number of carbonyl (C=O) groups is 1. The predicted octanol–water partition coefficient (Wildman–Crippen LogP) is 2.40. The molecule has 0 saturated heterocycles. The molecule has 0 aliphatic carbocycles. The van der Waals surface area contributed by atoms with Gasteiger partial charge in [0, 0.05) is 6.07 Å². The summed E-state index contributed by atoms with van der Waals surface area (Å²) < 4.78 is 15.9. The van der Waals surface area contributed by atoms with Gasteiger partial charge in [-0.3, -0.25) is 0 Å². The summed E-state index contributed by atoms with van der Waals surface area (Å²) >= 11 is 3.32. The van der Waals surface area contributed by atoms with Crippen LogP contribution < -0.4 is 9.47 Å². The van der Waals surface area contributed by atoms with Gasteiger partial charge in [0.2, 0.25) is 0 Å². The fraction of sp³-hybridized carbons (Fsp3) is 0.364. The van der Waals surface area contributed by atoms with Crippen molar-refractivity contribution in [3.63, 3.8) is 0 Å².